The summed E-state index contributed by atoms with van der Waals surface area (Å²) in [5.74, 6) is -0.750. The summed E-state index contributed by atoms with van der Waals surface area (Å²) in [5.41, 5.74) is 1.98. The molecule has 0 amide bonds. The fraction of sp³-hybridized carbons (Fsp3) is 0.118. The molecule has 0 bridgehead atoms. The van der Waals surface area contributed by atoms with Gasteiger partial charge in [-0.1, -0.05) is 29.3 Å². The molecule has 2 N–H and O–H groups in total. The molecule has 0 radical (unpaired) electrons. The Morgan fingerprint density at radius 2 is 1.92 bits per heavy atom. The first kappa shape index (κ1) is 18.0. The first-order valence-electron chi connectivity index (χ1n) is 7.43. The molecular weight excluding hydrogens is 381 g/mol. The minimum Gasteiger partial charge on any atom is -0.506 e. The predicted molar refractivity (Wildman–Crippen MR) is 95.4 cm³/mol. The number of phenolic OH excluding ortho intramolecular Hbond substituents is 1. The fourth-order valence-corrected chi connectivity index (χ4v) is 2.98. The van der Waals surface area contributed by atoms with Crippen LogP contribution in [0, 0.1) is 0 Å². The number of aromatic nitrogens is 3. The van der Waals surface area contributed by atoms with E-state index in [1.54, 1.807) is 18.2 Å². The second-order valence-corrected chi connectivity index (χ2v) is 6.20. The van der Waals surface area contributed by atoms with Crippen LogP contribution in [-0.4, -0.2) is 37.6 Å². The van der Waals surface area contributed by atoms with Crippen molar-refractivity contribution in [3.8, 4) is 17.2 Å². The van der Waals surface area contributed by atoms with Gasteiger partial charge in [0, 0.05) is 16.5 Å². The molecule has 3 rings (SSSR count). The zero-order chi connectivity index (χ0) is 18.7. The van der Waals surface area contributed by atoms with E-state index in [-0.39, 0.29) is 11.5 Å². The van der Waals surface area contributed by atoms with Gasteiger partial charge in [0.05, 0.1) is 0 Å². The quantitative estimate of drug-likeness (QED) is 0.666. The SMILES string of the molecule is O=C(O)COc1cc(Cl)c(Cc2ccc(O)c(-n3cncn3)c2)c(Cl)c1. The number of rotatable bonds is 6. The van der Waals surface area contributed by atoms with Gasteiger partial charge in [-0.3, -0.25) is 0 Å². The molecule has 0 unspecified atom stereocenters. The summed E-state index contributed by atoms with van der Waals surface area (Å²) in [4.78, 5) is 14.4. The number of nitrogens with zero attached hydrogens (tertiary/aromatic N) is 3. The third-order valence-electron chi connectivity index (χ3n) is 3.56. The molecule has 1 heterocycles. The molecule has 2 aromatic carbocycles. The number of phenols is 1. The number of hydrogen-bond donors (Lipinski definition) is 2. The molecule has 0 aliphatic rings. The zero-order valence-electron chi connectivity index (χ0n) is 13.3. The summed E-state index contributed by atoms with van der Waals surface area (Å²) in [7, 11) is 0. The van der Waals surface area contributed by atoms with Crippen LogP contribution in [0.15, 0.2) is 43.0 Å². The maximum absolute atomic E-state index is 10.6. The number of carbonyl (C=O) groups is 1. The van der Waals surface area contributed by atoms with Gasteiger partial charge in [-0.25, -0.2) is 14.5 Å². The van der Waals surface area contributed by atoms with Crippen LogP contribution < -0.4 is 4.74 Å². The van der Waals surface area contributed by atoms with Gasteiger partial charge in [0.1, 0.15) is 29.8 Å². The van der Waals surface area contributed by atoms with Crippen LogP contribution in [0.1, 0.15) is 11.1 Å². The van der Waals surface area contributed by atoms with Crippen molar-refractivity contribution in [3.05, 3.63) is 64.2 Å². The van der Waals surface area contributed by atoms with Gasteiger partial charge in [-0.05, 0) is 35.4 Å². The minimum absolute atomic E-state index is 0.0638. The van der Waals surface area contributed by atoms with Crippen molar-refractivity contribution >= 4 is 29.2 Å². The van der Waals surface area contributed by atoms with E-state index in [1.807, 2.05) is 0 Å². The average molecular weight is 394 g/mol. The third-order valence-corrected chi connectivity index (χ3v) is 4.24. The van der Waals surface area contributed by atoms with Crippen molar-refractivity contribution in [2.75, 3.05) is 6.61 Å². The minimum atomic E-state index is -1.09. The topological polar surface area (TPSA) is 97.5 Å². The Morgan fingerprint density at radius 1 is 1.19 bits per heavy atom. The van der Waals surface area contributed by atoms with Gasteiger partial charge in [0.15, 0.2) is 6.61 Å². The van der Waals surface area contributed by atoms with Gasteiger partial charge in [-0.2, -0.15) is 5.10 Å². The second-order valence-electron chi connectivity index (χ2n) is 5.39. The molecule has 0 saturated carbocycles. The first-order chi connectivity index (χ1) is 12.4. The largest absolute Gasteiger partial charge is 0.506 e. The summed E-state index contributed by atoms with van der Waals surface area (Å²) in [6, 6.07) is 8.09. The second kappa shape index (κ2) is 7.63. The number of carboxylic acid groups (broad SMARTS) is 1. The van der Waals surface area contributed by atoms with Crippen LogP contribution in [0.2, 0.25) is 10.0 Å². The zero-order valence-corrected chi connectivity index (χ0v) is 14.8. The molecule has 0 aliphatic heterocycles. The highest BCUT2D eigenvalue weighted by Gasteiger charge is 2.13. The van der Waals surface area contributed by atoms with Crippen molar-refractivity contribution in [2.45, 2.75) is 6.42 Å². The highest BCUT2D eigenvalue weighted by atomic mass is 35.5. The number of aromatic hydroxyl groups is 1. The van der Waals surface area contributed by atoms with Crippen LogP contribution >= 0.6 is 23.2 Å². The Labute approximate surface area is 158 Å². The van der Waals surface area contributed by atoms with Crippen LogP contribution in [0.4, 0.5) is 0 Å². The third kappa shape index (κ3) is 4.07. The molecule has 134 valence electrons. The molecule has 0 aliphatic carbocycles. The number of hydrogen-bond acceptors (Lipinski definition) is 5. The molecule has 9 heteroatoms. The van der Waals surface area contributed by atoms with Crippen LogP contribution in [0.5, 0.6) is 11.5 Å². The first-order valence-corrected chi connectivity index (χ1v) is 8.19. The normalized spacial score (nSPS) is 10.7. The van der Waals surface area contributed by atoms with Gasteiger partial charge in [0.2, 0.25) is 0 Å². The van der Waals surface area contributed by atoms with E-state index in [0.29, 0.717) is 27.7 Å². The van der Waals surface area contributed by atoms with E-state index in [1.165, 1.54) is 29.5 Å². The van der Waals surface area contributed by atoms with E-state index in [4.69, 9.17) is 33.0 Å². The average Bonchev–Trinajstić information content (AvgIpc) is 3.12. The number of carboxylic acids is 1. The summed E-state index contributed by atoms with van der Waals surface area (Å²) in [5, 5.41) is 23.4. The Balaban J connectivity index is 1.87. The maximum Gasteiger partial charge on any atom is 0.341 e. The lowest BCUT2D eigenvalue weighted by Crippen LogP contribution is -2.09. The molecule has 0 atom stereocenters. The number of ether oxygens (including phenoxy) is 1. The van der Waals surface area contributed by atoms with Gasteiger partial charge < -0.3 is 14.9 Å². The molecule has 7 nitrogen and oxygen atoms in total. The van der Waals surface area contributed by atoms with Crippen LogP contribution in [-0.2, 0) is 11.2 Å². The predicted octanol–water partition coefficient (Wildman–Crippen LogP) is 3.33. The number of aliphatic carboxylic acids is 1. The molecular formula is C17H13Cl2N3O4. The van der Waals surface area contributed by atoms with Crippen molar-refractivity contribution in [1.29, 1.82) is 0 Å². The molecule has 3 aromatic rings. The van der Waals surface area contributed by atoms with E-state index in [2.05, 4.69) is 10.1 Å². The standard InChI is InChI=1S/C17H13Cl2N3O4/c18-13-5-11(26-7-17(24)25)6-14(19)12(13)3-10-1-2-16(23)15(4-10)22-9-20-8-21-22/h1-2,4-6,8-9,23H,3,7H2,(H,24,25). The summed E-state index contributed by atoms with van der Waals surface area (Å²) >= 11 is 12.6. The Hall–Kier alpha value is -2.77. The van der Waals surface area contributed by atoms with Gasteiger partial charge in [-0.15, -0.1) is 0 Å². The maximum atomic E-state index is 10.6. The van der Waals surface area contributed by atoms with Crippen molar-refractivity contribution in [3.63, 3.8) is 0 Å². The highest BCUT2D eigenvalue weighted by molar-refractivity contribution is 6.36. The van der Waals surface area contributed by atoms with Crippen molar-refractivity contribution in [2.24, 2.45) is 0 Å². The van der Waals surface area contributed by atoms with E-state index in [0.717, 1.165) is 5.56 Å². The Kier molecular flexibility index (Phi) is 5.29. The van der Waals surface area contributed by atoms with E-state index < -0.39 is 12.6 Å². The van der Waals surface area contributed by atoms with Crippen molar-refractivity contribution in [1.82, 2.24) is 14.8 Å². The van der Waals surface area contributed by atoms with Crippen molar-refractivity contribution < 1.29 is 19.7 Å². The summed E-state index contributed by atoms with van der Waals surface area (Å²) in [6.07, 6.45) is 3.25. The molecule has 1 aromatic heterocycles. The lowest BCUT2D eigenvalue weighted by atomic mass is 10.0. The highest BCUT2D eigenvalue weighted by Crippen LogP contribution is 2.33. The van der Waals surface area contributed by atoms with Crippen LogP contribution in [0.3, 0.4) is 0 Å². The Bertz CT molecular complexity index is 922. The smallest absolute Gasteiger partial charge is 0.341 e. The van der Waals surface area contributed by atoms with Gasteiger partial charge in [0.25, 0.3) is 0 Å². The van der Waals surface area contributed by atoms with Gasteiger partial charge >= 0.3 is 5.97 Å². The van der Waals surface area contributed by atoms with Crippen LogP contribution in [0.25, 0.3) is 5.69 Å². The Morgan fingerprint density at radius 3 is 2.54 bits per heavy atom. The van der Waals surface area contributed by atoms with E-state index >= 15 is 0 Å². The fourth-order valence-electron chi connectivity index (χ4n) is 2.38. The van der Waals surface area contributed by atoms with E-state index in [9.17, 15) is 9.90 Å². The molecule has 0 fully saturated rings. The molecule has 0 saturated heterocycles. The summed E-state index contributed by atoms with van der Waals surface area (Å²) in [6.45, 7) is -0.481. The lowest BCUT2D eigenvalue weighted by molar-refractivity contribution is -0.139. The summed E-state index contributed by atoms with van der Waals surface area (Å²) < 4.78 is 6.55. The lowest BCUT2D eigenvalue weighted by Gasteiger charge is -2.12. The molecule has 26 heavy (non-hydrogen) atoms. The molecule has 0 spiro atoms. The number of benzene rings is 2. The monoisotopic (exact) mass is 393 g/mol. The number of halogens is 2.